The highest BCUT2D eigenvalue weighted by atomic mass is 32.2. The Morgan fingerprint density at radius 2 is 1.75 bits per heavy atom. The smallest absolute Gasteiger partial charge is 0.374 e. The van der Waals surface area contributed by atoms with Gasteiger partial charge in [-0.15, -0.1) is 0 Å². The van der Waals surface area contributed by atoms with Crippen LogP contribution in [0, 0.1) is 5.92 Å². The second-order valence-corrected chi connectivity index (χ2v) is 9.77. The minimum Gasteiger partial charge on any atom is -0.497 e. The van der Waals surface area contributed by atoms with Crippen molar-refractivity contribution in [3.8, 4) is 23.1 Å². The van der Waals surface area contributed by atoms with E-state index in [0.29, 0.717) is 5.75 Å². The van der Waals surface area contributed by atoms with Crippen molar-refractivity contribution in [3.63, 3.8) is 0 Å². The van der Waals surface area contributed by atoms with E-state index in [-0.39, 0.29) is 47.2 Å². The molecule has 1 heterocycles. The van der Waals surface area contributed by atoms with Crippen LogP contribution in [0.2, 0.25) is 0 Å². The van der Waals surface area contributed by atoms with Crippen molar-refractivity contribution in [3.05, 3.63) is 60.4 Å². The molecule has 1 aromatic heterocycles. The fourth-order valence-electron chi connectivity index (χ4n) is 3.15. The van der Waals surface area contributed by atoms with Gasteiger partial charge in [-0.2, -0.15) is 9.97 Å². The van der Waals surface area contributed by atoms with Gasteiger partial charge in [-0.1, -0.05) is 38.1 Å². The number of aliphatic hydroxyl groups excluding tert-OH is 1. The highest BCUT2D eigenvalue weighted by Crippen LogP contribution is 2.41. The molecule has 0 fully saturated rings. The van der Waals surface area contributed by atoms with Crippen molar-refractivity contribution < 1.29 is 37.6 Å². The number of sulfonamides is 1. The standard InChI is InChI=1S/C24H27N3O8S/c1-16(2)15-27(36(31,32)19-10-5-4-6-11-19)22-20(35-18-9-7-8-17(14-18)33-3)23(34-13-12-28)26-21(25-22)24(29)30/h4-11,14,16,28H,12-13,15H2,1-3H3,(H,29,30). The summed E-state index contributed by atoms with van der Waals surface area (Å²) in [5.41, 5.74) is 0. The first-order chi connectivity index (χ1) is 17.2. The molecule has 192 valence electrons. The molecule has 0 aliphatic carbocycles. The van der Waals surface area contributed by atoms with E-state index in [0.717, 1.165) is 4.31 Å². The van der Waals surface area contributed by atoms with Crippen LogP contribution in [-0.4, -0.2) is 61.4 Å². The summed E-state index contributed by atoms with van der Waals surface area (Å²) in [6, 6.07) is 14.2. The minimum atomic E-state index is -4.22. The number of carboxylic acid groups (broad SMARTS) is 1. The van der Waals surface area contributed by atoms with Gasteiger partial charge in [0.2, 0.25) is 11.6 Å². The third-order valence-corrected chi connectivity index (χ3v) is 6.47. The summed E-state index contributed by atoms with van der Waals surface area (Å²) in [6.07, 6.45) is 0. The zero-order chi connectivity index (χ0) is 26.3. The molecule has 12 heteroatoms. The molecule has 0 radical (unpaired) electrons. The van der Waals surface area contributed by atoms with Crippen LogP contribution in [0.3, 0.4) is 0 Å². The molecule has 36 heavy (non-hydrogen) atoms. The number of benzene rings is 2. The number of aromatic nitrogens is 2. The van der Waals surface area contributed by atoms with Gasteiger partial charge in [0.15, 0.2) is 5.82 Å². The van der Waals surface area contributed by atoms with Crippen molar-refractivity contribution in [2.24, 2.45) is 5.92 Å². The molecular weight excluding hydrogens is 490 g/mol. The van der Waals surface area contributed by atoms with E-state index in [1.165, 1.54) is 19.2 Å². The Morgan fingerprint density at radius 3 is 2.36 bits per heavy atom. The Kier molecular flexibility index (Phi) is 8.67. The van der Waals surface area contributed by atoms with Crippen molar-refractivity contribution in [2.75, 3.05) is 31.2 Å². The first-order valence-electron chi connectivity index (χ1n) is 11.0. The average Bonchev–Trinajstić information content (AvgIpc) is 2.87. The molecule has 0 aliphatic rings. The van der Waals surface area contributed by atoms with Gasteiger partial charge in [0, 0.05) is 12.6 Å². The number of rotatable bonds is 12. The fourth-order valence-corrected chi connectivity index (χ4v) is 4.75. The summed E-state index contributed by atoms with van der Waals surface area (Å²) < 4.78 is 45.2. The maximum absolute atomic E-state index is 13.7. The van der Waals surface area contributed by atoms with Gasteiger partial charge in [0.25, 0.3) is 15.9 Å². The SMILES string of the molecule is COc1cccc(Oc2c(OCCO)nc(C(=O)O)nc2N(CC(C)C)S(=O)(=O)c2ccccc2)c1. The normalized spacial score (nSPS) is 11.2. The maximum Gasteiger partial charge on any atom is 0.374 e. The molecule has 0 unspecified atom stereocenters. The molecule has 2 N–H and O–H groups in total. The van der Waals surface area contributed by atoms with Gasteiger partial charge < -0.3 is 24.4 Å². The number of nitrogens with zero attached hydrogens (tertiary/aromatic N) is 3. The molecule has 0 atom stereocenters. The van der Waals surface area contributed by atoms with E-state index in [1.54, 1.807) is 56.3 Å². The Bertz CT molecular complexity index is 1300. The lowest BCUT2D eigenvalue weighted by atomic mass is 10.2. The second-order valence-electron chi connectivity index (χ2n) is 7.91. The maximum atomic E-state index is 13.7. The lowest BCUT2D eigenvalue weighted by Gasteiger charge is -2.27. The summed E-state index contributed by atoms with van der Waals surface area (Å²) in [5, 5.41) is 18.9. The van der Waals surface area contributed by atoms with Gasteiger partial charge in [-0.05, 0) is 30.2 Å². The summed E-state index contributed by atoms with van der Waals surface area (Å²) in [5.74, 6) is -2.58. The number of hydrogen-bond acceptors (Lipinski definition) is 9. The summed E-state index contributed by atoms with van der Waals surface area (Å²) >= 11 is 0. The Labute approximate surface area is 209 Å². The van der Waals surface area contributed by atoms with E-state index < -0.39 is 28.4 Å². The average molecular weight is 518 g/mol. The number of carbonyl (C=O) groups is 1. The topological polar surface area (TPSA) is 148 Å². The number of aromatic carboxylic acids is 1. The molecule has 0 saturated heterocycles. The van der Waals surface area contributed by atoms with Crippen LogP contribution in [-0.2, 0) is 10.0 Å². The van der Waals surface area contributed by atoms with Crippen molar-refractivity contribution >= 4 is 21.8 Å². The summed E-state index contributed by atoms with van der Waals surface area (Å²) in [7, 11) is -2.74. The van der Waals surface area contributed by atoms with Gasteiger partial charge in [-0.25, -0.2) is 17.5 Å². The third-order valence-electron chi connectivity index (χ3n) is 4.70. The molecule has 0 amide bonds. The molecule has 3 rings (SSSR count). The lowest BCUT2D eigenvalue weighted by molar-refractivity contribution is 0.0681. The van der Waals surface area contributed by atoms with Crippen LogP contribution in [0.5, 0.6) is 23.1 Å². The van der Waals surface area contributed by atoms with E-state index in [1.807, 2.05) is 0 Å². The van der Waals surface area contributed by atoms with Crippen molar-refractivity contribution in [1.29, 1.82) is 0 Å². The molecule has 0 saturated carbocycles. The predicted octanol–water partition coefficient (Wildman–Crippen LogP) is 3.20. The largest absolute Gasteiger partial charge is 0.497 e. The zero-order valence-corrected chi connectivity index (χ0v) is 20.8. The Balaban J connectivity index is 2.30. The third kappa shape index (κ3) is 6.20. The molecule has 3 aromatic rings. The van der Waals surface area contributed by atoms with Gasteiger partial charge >= 0.3 is 5.97 Å². The van der Waals surface area contributed by atoms with Gasteiger partial charge in [0.05, 0.1) is 18.6 Å². The number of ether oxygens (including phenoxy) is 3. The number of hydrogen-bond donors (Lipinski definition) is 2. The van der Waals surface area contributed by atoms with Crippen LogP contribution in [0.25, 0.3) is 0 Å². The molecule has 0 bridgehead atoms. The highest BCUT2D eigenvalue weighted by Gasteiger charge is 2.33. The number of carboxylic acids is 1. The number of aliphatic hydroxyl groups is 1. The number of anilines is 1. The van der Waals surface area contributed by atoms with Crippen LogP contribution in [0.1, 0.15) is 24.5 Å². The zero-order valence-electron chi connectivity index (χ0n) is 20.0. The first-order valence-corrected chi connectivity index (χ1v) is 12.4. The Morgan fingerprint density at radius 1 is 1.06 bits per heavy atom. The van der Waals surface area contributed by atoms with Gasteiger partial charge in [-0.3, -0.25) is 0 Å². The molecule has 11 nitrogen and oxygen atoms in total. The first kappa shape index (κ1) is 26.7. The van der Waals surface area contributed by atoms with E-state index in [9.17, 15) is 23.4 Å². The summed E-state index contributed by atoms with van der Waals surface area (Å²) in [4.78, 5) is 19.8. The Hall–Kier alpha value is -3.90. The number of methoxy groups -OCH3 is 1. The van der Waals surface area contributed by atoms with E-state index in [4.69, 9.17) is 14.2 Å². The van der Waals surface area contributed by atoms with Crippen molar-refractivity contribution in [2.45, 2.75) is 18.7 Å². The quantitative estimate of drug-likeness (QED) is 0.367. The predicted molar refractivity (Wildman–Crippen MR) is 130 cm³/mol. The van der Waals surface area contributed by atoms with E-state index >= 15 is 0 Å². The van der Waals surface area contributed by atoms with Crippen LogP contribution in [0.15, 0.2) is 59.5 Å². The fraction of sp³-hybridized carbons (Fsp3) is 0.292. The summed E-state index contributed by atoms with van der Waals surface area (Å²) in [6.45, 7) is 2.90. The highest BCUT2D eigenvalue weighted by molar-refractivity contribution is 7.92. The van der Waals surface area contributed by atoms with Crippen LogP contribution >= 0.6 is 0 Å². The minimum absolute atomic E-state index is 0.0219. The second kappa shape index (κ2) is 11.7. The molecule has 2 aromatic carbocycles. The van der Waals surface area contributed by atoms with Gasteiger partial charge in [0.1, 0.15) is 18.1 Å². The van der Waals surface area contributed by atoms with Crippen LogP contribution < -0.4 is 18.5 Å². The van der Waals surface area contributed by atoms with E-state index in [2.05, 4.69) is 9.97 Å². The monoisotopic (exact) mass is 517 g/mol. The molecular formula is C24H27N3O8S. The lowest BCUT2D eigenvalue weighted by Crippen LogP contribution is -2.36. The van der Waals surface area contributed by atoms with Crippen LogP contribution in [0.4, 0.5) is 5.82 Å². The molecule has 0 spiro atoms. The molecule has 0 aliphatic heterocycles. The van der Waals surface area contributed by atoms with Crippen molar-refractivity contribution in [1.82, 2.24) is 9.97 Å².